The molecule has 0 amide bonds. The molecule has 0 aliphatic rings. The van der Waals surface area contributed by atoms with Gasteiger partial charge in [-0.3, -0.25) is 0 Å². The highest BCUT2D eigenvalue weighted by molar-refractivity contribution is 6.75. The normalized spacial score (nSPS) is 13.0. The fraction of sp³-hybridized carbons (Fsp3) is 0.833. The van der Waals surface area contributed by atoms with E-state index in [1.807, 2.05) is 6.21 Å². The molecule has 0 aromatic carbocycles. The minimum absolute atomic E-state index is 1.07. The van der Waals surface area contributed by atoms with E-state index in [1.165, 1.54) is 0 Å². The minimum atomic E-state index is -1.11. The SMILES string of the molecule is CCC=N[Si](C)(C)C. The maximum Gasteiger partial charge on any atom is 0.171 e. The Bertz CT molecular complexity index is 81.0. The first kappa shape index (κ1) is 7.89. The first-order valence-corrected chi connectivity index (χ1v) is 6.54. The zero-order valence-electron chi connectivity index (χ0n) is 6.23. The molecule has 0 atom stereocenters. The fourth-order valence-electron chi connectivity index (χ4n) is 0.365. The average Bonchev–Trinajstić information content (AvgIpc) is 1.59. The third kappa shape index (κ3) is 5.89. The van der Waals surface area contributed by atoms with Crippen molar-refractivity contribution >= 4 is 14.5 Å². The van der Waals surface area contributed by atoms with Crippen LogP contribution < -0.4 is 0 Å². The van der Waals surface area contributed by atoms with Gasteiger partial charge in [0, 0.05) is 0 Å². The summed E-state index contributed by atoms with van der Waals surface area (Å²) in [5.41, 5.74) is 0. The first-order valence-electron chi connectivity index (χ1n) is 3.10. The van der Waals surface area contributed by atoms with Gasteiger partial charge in [0.2, 0.25) is 0 Å². The van der Waals surface area contributed by atoms with E-state index in [1.54, 1.807) is 0 Å². The lowest BCUT2D eigenvalue weighted by molar-refractivity contribution is 1.32. The number of nitrogens with zero attached hydrogens (tertiary/aromatic N) is 1. The van der Waals surface area contributed by atoms with Crippen molar-refractivity contribution in [3.8, 4) is 0 Å². The second-order valence-corrected chi connectivity index (χ2v) is 7.49. The van der Waals surface area contributed by atoms with E-state index in [0.717, 1.165) is 6.42 Å². The lowest BCUT2D eigenvalue weighted by Gasteiger charge is -2.06. The molecular formula is C6H15NSi. The summed E-state index contributed by atoms with van der Waals surface area (Å²) >= 11 is 0. The predicted molar refractivity (Wildman–Crippen MR) is 42.1 cm³/mol. The van der Waals surface area contributed by atoms with Crippen LogP contribution in [-0.4, -0.2) is 14.5 Å². The molecule has 0 aromatic heterocycles. The second-order valence-electron chi connectivity index (χ2n) is 2.89. The Morgan fingerprint density at radius 3 is 2.00 bits per heavy atom. The summed E-state index contributed by atoms with van der Waals surface area (Å²) in [6.45, 7) is 8.82. The maximum absolute atomic E-state index is 4.39. The van der Waals surface area contributed by atoms with Crippen molar-refractivity contribution in [1.29, 1.82) is 0 Å². The van der Waals surface area contributed by atoms with E-state index < -0.39 is 8.24 Å². The first-order chi connectivity index (χ1) is 3.56. The van der Waals surface area contributed by atoms with Gasteiger partial charge in [0.15, 0.2) is 8.24 Å². The largest absolute Gasteiger partial charge is 0.334 e. The van der Waals surface area contributed by atoms with Crippen LogP contribution >= 0.6 is 0 Å². The summed E-state index contributed by atoms with van der Waals surface area (Å²) in [6, 6.07) is 0. The molecule has 0 aliphatic carbocycles. The van der Waals surface area contributed by atoms with Gasteiger partial charge >= 0.3 is 0 Å². The number of rotatable bonds is 2. The average molecular weight is 129 g/mol. The molecule has 0 heterocycles. The quantitative estimate of drug-likeness (QED) is 0.401. The molecule has 0 rings (SSSR count). The Hall–Kier alpha value is -0.113. The molecule has 0 radical (unpaired) electrons. The third-order valence-corrected chi connectivity index (χ3v) is 1.62. The topological polar surface area (TPSA) is 12.4 Å². The fourth-order valence-corrected chi connectivity index (χ4v) is 1.10. The Balaban J connectivity index is 3.52. The van der Waals surface area contributed by atoms with Crippen LogP contribution in [0.4, 0.5) is 0 Å². The van der Waals surface area contributed by atoms with Crippen LogP contribution in [0.2, 0.25) is 19.6 Å². The predicted octanol–water partition coefficient (Wildman–Crippen LogP) is 2.30. The van der Waals surface area contributed by atoms with Gasteiger partial charge in [-0.1, -0.05) is 6.92 Å². The highest BCUT2D eigenvalue weighted by Gasteiger charge is 2.07. The Kier molecular flexibility index (Phi) is 2.98. The van der Waals surface area contributed by atoms with Gasteiger partial charge in [-0.15, -0.1) is 0 Å². The van der Waals surface area contributed by atoms with Crippen molar-refractivity contribution in [2.24, 2.45) is 4.66 Å². The van der Waals surface area contributed by atoms with E-state index >= 15 is 0 Å². The van der Waals surface area contributed by atoms with E-state index in [4.69, 9.17) is 0 Å². The highest BCUT2D eigenvalue weighted by Crippen LogP contribution is 1.99. The summed E-state index contributed by atoms with van der Waals surface area (Å²) in [7, 11) is -1.11. The van der Waals surface area contributed by atoms with Gasteiger partial charge in [-0.05, 0) is 32.3 Å². The van der Waals surface area contributed by atoms with Crippen molar-refractivity contribution in [1.82, 2.24) is 0 Å². The number of hydrogen-bond donors (Lipinski definition) is 0. The zero-order chi connectivity index (χ0) is 6.62. The monoisotopic (exact) mass is 129 g/mol. The van der Waals surface area contributed by atoms with Crippen molar-refractivity contribution in [3.63, 3.8) is 0 Å². The summed E-state index contributed by atoms with van der Waals surface area (Å²) in [5.74, 6) is 0. The molecule has 0 aliphatic heterocycles. The van der Waals surface area contributed by atoms with Gasteiger partial charge in [0.25, 0.3) is 0 Å². The van der Waals surface area contributed by atoms with Gasteiger partial charge < -0.3 is 4.66 Å². The molecule has 0 saturated heterocycles. The smallest absolute Gasteiger partial charge is 0.171 e. The highest BCUT2D eigenvalue weighted by atomic mass is 28.3. The van der Waals surface area contributed by atoms with Gasteiger partial charge in [0.05, 0.1) is 0 Å². The van der Waals surface area contributed by atoms with Crippen molar-refractivity contribution < 1.29 is 0 Å². The molecule has 0 N–H and O–H groups in total. The van der Waals surface area contributed by atoms with Crippen LogP contribution in [0.15, 0.2) is 4.66 Å². The van der Waals surface area contributed by atoms with Crippen LogP contribution in [0.5, 0.6) is 0 Å². The molecule has 0 bridgehead atoms. The molecule has 2 heteroatoms. The molecule has 1 nitrogen and oxygen atoms in total. The Morgan fingerprint density at radius 2 is 1.88 bits per heavy atom. The second kappa shape index (κ2) is 3.02. The summed E-state index contributed by atoms with van der Waals surface area (Å²) in [4.78, 5) is 0. The molecule has 0 fully saturated rings. The van der Waals surface area contributed by atoms with Crippen molar-refractivity contribution in [2.75, 3.05) is 0 Å². The van der Waals surface area contributed by atoms with Gasteiger partial charge in [-0.25, -0.2) is 0 Å². The van der Waals surface area contributed by atoms with Crippen LogP contribution in [0.3, 0.4) is 0 Å². The Morgan fingerprint density at radius 1 is 1.38 bits per heavy atom. The summed E-state index contributed by atoms with van der Waals surface area (Å²) in [5, 5.41) is 0. The zero-order valence-corrected chi connectivity index (χ0v) is 7.23. The molecule has 8 heavy (non-hydrogen) atoms. The molecule has 0 spiro atoms. The lowest BCUT2D eigenvalue weighted by atomic mass is 10.6. The minimum Gasteiger partial charge on any atom is -0.334 e. The molecule has 0 aromatic rings. The van der Waals surface area contributed by atoms with E-state index in [9.17, 15) is 0 Å². The Labute approximate surface area is 52.9 Å². The van der Waals surface area contributed by atoms with Crippen LogP contribution in [0, 0.1) is 0 Å². The van der Waals surface area contributed by atoms with E-state index in [-0.39, 0.29) is 0 Å². The number of hydrogen-bond acceptors (Lipinski definition) is 1. The van der Waals surface area contributed by atoms with Crippen molar-refractivity contribution in [3.05, 3.63) is 0 Å². The van der Waals surface area contributed by atoms with Gasteiger partial charge in [-0.2, -0.15) is 0 Å². The molecule has 0 saturated carbocycles. The molecular weight excluding hydrogens is 114 g/mol. The molecule has 0 unspecified atom stereocenters. The van der Waals surface area contributed by atoms with Gasteiger partial charge in [0.1, 0.15) is 0 Å². The standard InChI is InChI=1S/C6H15NSi/c1-5-6-7-8(2,3)4/h6H,5H2,1-4H3. The summed E-state index contributed by atoms with van der Waals surface area (Å²) in [6.07, 6.45) is 3.09. The van der Waals surface area contributed by atoms with Crippen LogP contribution in [0.1, 0.15) is 13.3 Å². The van der Waals surface area contributed by atoms with Crippen molar-refractivity contribution in [2.45, 2.75) is 33.0 Å². The third-order valence-electron chi connectivity index (χ3n) is 0.661. The van der Waals surface area contributed by atoms with Crippen LogP contribution in [0.25, 0.3) is 0 Å². The van der Waals surface area contributed by atoms with E-state index in [0.29, 0.717) is 0 Å². The maximum atomic E-state index is 4.39. The lowest BCUT2D eigenvalue weighted by Crippen LogP contribution is -2.15. The van der Waals surface area contributed by atoms with Crippen LogP contribution in [-0.2, 0) is 0 Å². The molecule has 48 valence electrons. The summed E-state index contributed by atoms with van der Waals surface area (Å²) < 4.78 is 4.39. The van der Waals surface area contributed by atoms with E-state index in [2.05, 4.69) is 31.2 Å².